The molecule has 0 atom stereocenters. The lowest BCUT2D eigenvalue weighted by molar-refractivity contribution is -0.141. The fraction of sp³-hybridized carbons (Fsp3) is 0.900. The molecule has 13 heavy (non-hydrogen) atoms. The van der Waals surface area contributed by atoms with Crippen LogP contribution in [0.5, 0.6) is 0 Å². The maximum absolute atomic E-state index is 11.8. The molecular formula is C10H20N2O. The van der Waals surface area contributed by atoms with Gasteiger partial charge in [0.1, 0.15) is 0 Å². The van der Waals surface area contributed by atoms with E-state index in [1.165, 1.54) is 0 Å². The average Bonchev–Trinajstić information content (AvgIpc) is 2.09. The van der Waals surface area contributed by atoms with Crippen LogP contribution in [-0.2, 0) is 4.79 Å². The summed E-state index contributed by atoms with van der Waals surface area (Å²) in [6.07, 6.45) is 1.97. The van der Waals surface area contributed by atoms with E-state index in [9.17, 15) is 4.79 Å². The van der Waals surface area contributed by atoms with Crippen LogP contribution in [0, 0.1) is 5.41 Å². The van der Waals surface area contributed by atoms with E-state index in [1.54, 1.807) is 4.90 Å². The lowest BCUT2D eigenvalue weighted by Crippen LogP contribution is -2.45. The number of likely N-dealkylation sites (tertiary alicyclic amines) is 1. The van der Waals surface area contributed by atoms with E-state index in [0.29, 0.717) is 0 Å². The molecule has 1 aliphatic rings. The van der Waals surface area contributed by atoms with Crippen LogP contribution in [0.3, 0.4) is 0 Å². The number of rotatable bonds is 1. The largest absolute Gasteiger partial charge is 0.348 e. The second-order valence-electron chi connectivity index (χ2n) is 4.56. The maximum Gasteiger partial charge on any atom is 0.228 e. The van der Waals surface area contributed by atoms with Gasteiger partial charge in [0.15, 0.2) is 0 Å². The molecule has 0 aromatic carbocycles. The molecule has 3 heteroatoms. The molecule has 0 aromatic heterocycles. The van der Waals surface area contributed by atoms with Crippen molar-refractivity contribution in [1.82, 2.24) is 9.80 Å². The highest BCUT2D eigenvalue weighted by molar-refractivity contribution is 5.81. The Balaban J connectivity index is 2.61. The summed E-state index contributed by atoms with van der Waals surface area (Å²) in [6.45, 7) is 4.16. The molecule has 0 aromatic rings. The second-order valence-corrected chi connectivity index (χ2v) is 4.56. The van der Waals surface area contributed by atoms with Crippen LogP contribution in [0.25, 0.3) is 0 Å². The molecule has 1 amide bonds. The van der Waals surface area contributed by atoms with Gasteiger partial charge in [0, 0.05) is 19.5 Å². The van der Waals surface area contributed by atoms with Crippen LogP contribution >= 0.6 is 0 Å². The van der Waals surface area contributed by atoms with Crippen LogP contribution < -0.4 is 0 Å². The highest BCUT2D eigenvalue weighted by atomic mass is 16.2. The molecule has 1 heterocycles. The normalized spacial score (nSPS) is 22.8. The second kappa shape index (κ2) is 3.66. The van der Waals surface area contributed by atoms with E-state index < -0.39 is 0 Å². The molecule has 0 aliphatic carbocycles. The summed E-state index contributed by atoms with van der Waals surface area (Å²) >= 11 is 0. The van der Waals surface area contributed by atoms with Gasteiger partial charge in [-0.05, 0) is 33.0 Å². The van der Waals surface area contributed by atoms with Crippen molar-refractivity contribution in [3.05, 3.63) is 0 Å². The predicted octanol–water partition coefficient (Wildman–Crippen LogP) is 0.806. The van der Waals surface area contributed by atoms with Gasteiger partial charge in [0.25, 0.3) is 0 Å². The van der Waals surface area contributed by atoms with Gasteiger partial charge in [-0.2, -0.15) is 0 Å². The van der Waals surface area contributed by atoms with E-state index in [4.69, 9.17) is 0 Å². The smallest absolute Gasteiger partial charge is 0.228 e. The minimum absolute atomic E-state index is 0.115. The van der Waals surface area contributed by atoms with Crippen molar-refractivity contribution in [3.8, 4) is 0 Å². The van der Waals surface area contributed by atoms with E-state index in [2.05, 4.69) is 18.9 Å². The highest BCUT2D eigenvalue weighted by Crippen LogP contribution is 2.31. The number of hydrogen-bond donors (Lipinski definition) is 0. The van der Waals surface area contributed by atoms with Crippen molar-refractivity contribution in [2.45, 2.75) is 19.8 Å². The quantitative estimate of drug-likeness (QED) is 0.602. The Hall–Kier alpha value is -0.570. The standard InChI is InChI=1S/C10H20N2O/c1-10(9(13)11(2)3)5-7-12(4)8-6-10/h5-8H2,1-4H3. The van der Waals surface area contributed by atoms with Gasteiger partial charge in [-0.1, -0.05) is 6.92 Å². The van der Waals surface area contributed by atoms with Crippen LogP contribution in [0.1, 0.15) is 19.8 Å². The zero-order chi connectivity index (χ0) is 10.1. The summed E-state index contributed by atoms with van der Waals surface area (Å²) in [4.78, 5) is 15.8. The first-order chi connectivity index (χ1) is 5.96. The van der Waals surface area contributed by atoms with Gasteiger partial charge in [-0.15, -0.1) is 0 Å². The molecule has 0 spiro atoms. The van der Waals surface area contributed by atoms with Crippen molar-refractivity contribution in [1.29, 1.82) is 0 Å². The van der Waals surface area contributed by atoms with Gasteiger partial charge in [-0.25, -0.2) is 0 Å². The Kier molecular flexibility index (Phi) is 2.96. The van der Waals surface area contributed by atoms with Crippen molar-refractivity contribution >= 4 is 5.91 Å². The maximum atomic E-state index is 11.8. The SMILES string of the molecule is CN1CCC(C)(C(=O)N(C)C)CC1. The Morgan fingerprint density at radius 3 is 2.15 bits per heavy atom. The predicted molar refractivity (Wildman–Crippen MR) is 53.5 cm³/mol. The fourth-order valence-corrected chi connectivity index (χ4v) is 1.87. The van der Waals surface area contributed by atoms with Gasteiger partial charge in [0.2, 0.25) is 5.91 Å². The number of piperidine rings is 1. The van der Waals surface area contributed by atoms with Gasteiger partial charge < -0.3 is 9.80 Å². The lowest BCUT2D eigenvalue weighted by atomic mass is 9.79. The molecule has 3 nitrogen and oxygen atoms in total. The van der Waals surface area contributed by atoms with Gasteiger partial charge >= 0.3 is 0 Å². The summed E-state index contributed by atoms with van der Waals surface area (Å²) in [5.41, 5.74) is -0.115. The molecule has 0 N–H and O–H groups in total. The molecular weight excluding hydrogens is 164 g/mol. The van der Waals surface area contributed by atoms with E-state index in [0.717, 1.165) is 25.9 Å². The number of hydrogen-bond acceptors (Lipinski definition) is 2. The van der Waals surface area contributed by atoms with Crippen molar-refractivity contribution in [2.24, 2.45) is 5.41 Å². The van der Waals surface area contributed by atoms with Gasteiger partial charge in [-0.3, -0.25) is 4.79 Å². The molecule has 1 aliphatic heterocycles. The Morgan fingerprint density at radius 1 is 1.31 bits per heavy atom. The minimum atomic E-state index is -0.115. The summed E-state index contributed by atoms with van der Waals surface area (Å²) in [6, 6.07) is 0. The molecule has 0 saturated carbocycles. The Bertz CT molecular complexity index is 193. The number of nitrogens with zero attached hydrogens (tertiary/aromatic N) is 2. The lowest BCUT2D eigenvalue weighted by Gasteiger charge is -2.38. The third kappa shape index (κ3) is 2.21. The topological polar surface area (TPSA) is 23.6 Å². The van der Waals surface area contributed by atoms with Crippen molar-refractivity contribution < 1.29 is 4.79 Å². The van der Waals surface area contributed by atoms with Gasteiger partial charge in [0.05, 0.1) is 0 Å². The molecule has 0 unspecified atom stereocenters. The van der Waals surface area contributed by atoms with Crippen LogP contribution in [0.15, 0.2) is 0 Å². The summed E-state index contributed by atoms with van der Waals surface area (Å²) in [5, 5.41) is 0. The summed E-state index contributed by atoms with van der Waals surface area (Å²) in [5.74, 6) is 0.278. The summed E-state index contributed by atoms with van der Waals surface area (Å²) < 4.78 is 0. The monoisotopic (exact) mass is 184 g/mol. The van der Waals surface area contributed by atoms with Crippen molar-refractivity contribution in [2.75, 3.05) is 34.2 Å². The third-order valence-corrected chi connectivity index (χ3v) is 3.01. The highest BCUT2D eigenvalue weighted by Gasteiger charge is 2.36. The molecule has 1 fully saturated rings. The zero-order valence-corrected chi connectivity index (χ0v) is 9.13. The number of amides is 1. The zero-order valence-electron chi connectivity index (χ0n) is 9.13. The van der Waals surface area contributed by atoms with E-state index in [1.807, 2.05) is 14.1 Å². The molecule has 0 bridgehead atoms. The molecule has 0 radical (unpaired) electrons. The Morgan fingerprint density at radius 2 is 1.77 bits per heavy atom. The number of carbonyl (C=O) groups is 1. The van der Waals surface area contributed by atoms with Crippen LogP contribution in [0.2, 0.25) is 0 Å². The third-order valence-electron chi connectivity index (χ3n) is 3.01. The minimum Gasteiger partial charge on any atom is -0.348 e. The van der Waals surface area contributed by atoms with Crippen LogP contribution in [0.4, 0.5) is 0 Å². The molecule has 76 valence electrons. The number of carbonyl (C=O) groups excluding carboxylic acids is 1. The van der Waals surface area contributed by atoms with Crippen LogP contribution in [-0.4, -0.2) is 49.9 Å². The average molecular weight is 184 g/mol. The van der Waals surface area contributed by atoms with Crippen molar-refractivity contribution in [3.63, 3.8) is 0 Å². The first kappa shape index (κ1) is 10.5. The summed E-state index contributed by atoms with van der Waals surface area (Å²) in [7, 11) is 5.79. The first-order valence-corrected chi connectivity index (χ1v) is 4.86. The van der Waals surface area contributed by atoms with E-state index >= 15 is 0 Å². The van der Waals surface area contributed by atoms with E-state index in [-0.39, 0.29) is 11.3 Å². The first-order valence-electron chi connectivity index (χ1n) is 4.86. The Labute approximate surface area is 80.7 Å². The fourth-order valence-electron chi connectivity index (χ4n) is 1.87. The molecule has 1 saturated heterocycles. The molecule has 1 rings (SSSR count).